The molecular weight excluding hydrogens is 2150 g/mol. The third kappa shape index (κ3) is 596. The van der Waals surface area contributed by atoms with Gasteiger partial charge in [-0.1, -0.05) is 69.3 Å². The Kier molecular flexibility index (Phi) is 421. The van der Waals surface area contributed by atoms with Crippen LogP contribution in [0, 0.1) is 0 Å². The second kappa shape index (κ2) is 142. The van der Waals surface area contributed by atoms with Gasteiger partial charge in [-0.15, -0.1) is 0 Å². The minimum absolute atomic E-state index is 0. The summed E-state index contributed by atoms with van der Waals surface area (Å²) in [4.78, 5) is 0. The van der Waals surface area contributed by atoms with Crippen LogP contribution in [0.5, 0.6) is 0 Å². The lowest BCUT2D eigenvalue weighted by molar-refractivity contribution is -0.105. The summed E-state index contributed by atoms with van der Waals surface area (Å²) in [6, 6.07) is 0. The first kappa shape index (κ1) is 367. The summed E-state index contributed by atoms with van der Waals surface area (Å²) in [7, 11) is -80.3. The van der Waals surface area contributed by atoms with Crippen LogP contribution in [0.1, 0.15) is 0 Å². The van der Waals surface area contributed by atoms with Crippen LogP contribution in [0.2, 0.25) is 0 Å². The van der Waals surface area contributed by atoms with Gasteiger partial charge in [0.15, 0.2) is 0 Å². The molecule has 124 heavy (non-hydrogen) atoms. The van der Waals surface area contributed by atoms with Gasteiger partial charge in [-0.05, 0) is 0 Å². The Morgan fingerprint density at radius 2 is 0.0887 bits per heavy atom. The molecule has 0 heterocycles. The van der Waals surface area contributed by atoms with Gasteiger partial charge in [0.25, 0.3) is 0 Å². The summed E-state index contributed by atoms with van der Waals surface area (Å²) in [5, 5.41) is 0. The Hall–Kier alpha value is -3.84. The standard InChI is InChI=1S/44H3N.8H2O8S2/c;;;;;;;;;;;;;;;;;;;;;;;;;;;;;;;;;;;;;;;;;;;;8*1-9(2,3)7-8-10(4,5)6/h44*1H3;8*(H,1,2,3)(H,4,5,6). The zero-order valence-electron chi connectivity index (χ0n) is 64.4. The molecule has 0 atom stereocenters. The molecule has 0 aliphatic heterocycles. The molecule has 0 spiro atoms. The van der Waals surface area contributed by atoms with Crippen LogP contribution in [0.15, 0.2) is 0 Å². The van der Waals surface area contributed by atoms with E-state index in [2.05, 4.69) is 69.3 Å². The molecule has 0 aliphatic rings. The molecular formula is H148N44O64S16. The van der Waals surface area contributed by atoms with Gasteiger partial charge in [-0.2, -0.15) is 135 Å². The molecule has 0 saturated carbocycles. The van der Waals surface area contributed by atoms with E-state index in [1.54, 1.807) is 0 Å². The van der Waals surface area contributed by atoms with Crippen LogP contribution in [-0.2, 0) is 236 Å². The molecule has 148 N–H and O–H groups in total. The molecule has 0 aromatic carbocycles. The molecule has 124 heteroatoms. The Balaban J connectivity index is -0.00000000909. The predicted octanol–water partition coefficient (Wildman–Crippen LogP) is -4.55. The summed E-state index contributed by atoms with van der Waals surface area (Å²) in [6.07, 6.45) is 0. The van der Waals surface area contributed by atoms with Gasteiger partial charge >= 0.3 is 166 Å². The molecule has 108 nitrogen and oxygen atoms in total. The van der Waals surface area contributed by atoms with E-state index in [9.17, 15) is 135 Å². The quantitative estimate of drug-likeness (QED) is 0.0246. The molecule has 0 bridgehead atoms. The maximum atomic E-state index is 9.51. The van der Waals surface area contributed by atoms with Crippen LogP contribution in [0.3, 0.4) is 0 Å². The summed E-state index contributed by atoms with van der Waals surface area (Å²) < 4.78 is 471. The van der Waals surface area contributed by atoms with E-state index in [1.165, 1.54) is 0 Å². The average Bonchev–Trinajstić information content (AvgIpc) is 3.09. The lowest BCUT2D eigenvalue weighted by Gasteiger charge is -1.92. The third-order valence-electron chi connectivity index (χ3n) is 1.60. The molecule has 0 unspecified atom stereocenters. The van der Waals surface area contributed by atoms with Crippen LogP contribution < -0.4 is 271 Å². The molecule has 0 aliphatic carbocycles. The minimum Gasteiger partial charge on any atom is -0.344 e. The molecule has 0 rings (SSSR count). The third-order valence-corrected chi connectivity index (χ3v) is 6.13. The lowest BCUT2D eigenvalue weighted by atomic mass is 14.0. The summed E-state index contributed by atoms with van der Waals surface area (Å²) in [5.41, 5.74) is 0. The molecule has 0 amide bonds. The predicted molar refractivity (Wildman–Crippen MR) is 423 cm³/mol. The molecule has 0 aromatic heterocycles. The van der Waals surface area contributed by atoms with Gasteiger partial charge in [0.2, 0.25) is 0 Å². The van der Waals surface area contributed by atoms with Crippen molar-refractivity contribution in [2.45, 2.75) is 0 Å². The van der Waals surface area contributed by atoms with E-state index in [1.807, 2.05) is 0 Å². The summed E-state index contributed by atoms with van der Waals surface area (Å²) in [6.45, 7) is 0. The van der Waals surface area contributed by atoms with E-state index in [4.69, 9.17) is 72.8 Å². The van der Waals surface area contributed by atoms with E-state index >= 15 is 0 Å². The Labute approximate surface area is 710 Å². The van der Waals surface area contributed by atoms with Gasteiger partial charge in [0.1, 0.15) is 0 Å². The number of hydrogen-bond acceptors (Lipinski definition) is 92. The highest BCUT2D eigenvalue weighted by Crippen LogP contribution is 1.98. The van der Waals surface area contributed by atoms with E-state index in [0.29, 0.717) is 0 Å². The van der Waals surface area contributed by atoms with Crippen LogP contribution in [-0.4, -0.2) is 208 Å². The van der Waals surface area contributed by atoms with Crippen molar-refractivity contribution in [3.05, 3.63) is 0 Å². The fraction of sp³-hybridized carbons (Fsp3) is 0. The van der Waals surface area contributed by atoms with Crippen molar-refractivity contribution in [3.8, 4) is 0 Å². The topological polar surface area (TPSA) is 2560 Å². The second-order valence-electron chi connectivity index (χ2n) is 7.93. The minimum atomic E-state index is -5.02. The van der Waals surface area contributed by atoms with Crippen molar-refractivity contribution in [1.82, 2.24) is 271 Å². The Morgan fingerprint density at radius 3 is 0.0968 bits per heavy atom. The smallest absolute Gasteiger partial charge is 0.344 e. The fourth-order valence-corrected chi connectivity index (χ4v) is 5.05. The van der Waals surface area contributed by atoms with E-state index in [0.717, 1.165) is 0 Å². The fourth-order valence-electron chi connectivity index (χ4n) is 0.562. The van der Waals surface area contributed by atoms with Gasteiger partial charge in [0.05, 0.1) is 0 Å². The van der Waals surface area contributed by atoms with Gasteiger partial charge < -0.3 is 271 Å². The zero-order valence-corrected chi connectivity index (χ0v) is 77.5. The first-order valence-electron chi connectivity index (χ1n) is 12.3. The van der Waals surface area contributed by atoms with E-state index < -0.39 is 166 Å². The van der Waals surface area contributed by atoms with Crippen molar-refractivity contribution < 1.29 is 277 Å². The average molecular weight is 2300 g/mol. The first-order valence-corrected chi connectivity index (χ1v) is 34.1. The van der Waals surface area contributed by atoms with Gasteiger partial charge in [-0.25, -0.2) is 0 Å². The first-order chi connectivity index (χ1) is 33.7. The highest BCUT2D eigenvalue weighted by Gasteiger charge is 2.18. The highest BCUT2D eigenvalue weighted by molar-refractivity contribution is 7.86. The van der Waals surface area contributed by atoms with Crippen LogP contribution in [0.25, 0.3) is 0 Å². The van der Waals surface area contributed by atoms with Crippen molar-refractivity contribution in [1.29, 1.82) is 0 Å². The van der Waals surface area contributed by atoms with Crippen LogP contribution >= 0.6 is 0 Å². The molecule has 0 fully saturated rings. The monoisotopic (exact) mass is 2300 g/mol. The summed E-state index contributed by atoms with van der Waals surface area (Å²) in [5.74, 6) is 0. The second-order valence-corrected chi connectivity index (χ2v) is 23.8. The molecule has 0 radical (unpaired) electrons. The number of rotatable bonds is 24. The van der Waals surface area contributed by atoms with Crippen LogP contribution in [0.4, 0.5) is 0 Å². The normalized spacial score (nSPS) is 8.65. The number of hydrogen-bond donors (Lipinski definition) is 60. The summed E-state index contributed by atoms with van der Waals surface area (Å²) >= 11 is 0. The Bertz CT molecular complexity index is 2830. The largest absolute Gasteiger partial charge is 0.425 e. The van der Waals surface area contributed by atoms with E-state index in [-0.39, 0.29) is 271 Å². The van der Waals surface area contributed by atoms with Gasteiger partial charge in [0, 0.05) is 0 Å². The highest BCUT2D eigenvalue weighted by atomic mass is 32.3. The maximum absolute atomic E-state index is 9.51. The van der Waals surface area contributed by atoms with Gasteiger partial charge in [-0.3, -0.25) is 72.8 Å². The maximum Gasteiger partial charge on any atom is 0.425 e. The lowest BCUT2D eigenvalue weighted by Crippen LogP contribution is -2.10. The Morgan fingerprint density at radius 1 is 0.0726 bits per heavy atom. The SMILES string of the molecule is N.N.N.N.N.N.N.N.N.N.N.N.N.N.N.N.N.N.N.N.N.N.N.N.N.N.N.N.N.N.N.N.N.N.N.N.N.N.N.N.N.N.N.N.O=S(=O)(O)OOS(=O)(=O)O.O=S(=O)(O)OOS(=O)(=O)O.O=S(=O)(O)OOS(=O)(=O)O.O=S(=O)(O)OOS(=O)(=O)O.O=S(=O)(O)OOS(=O)(=O)O.O=S(=O)(O)OOS(=O)(=O)O.O=S(=O)(O)OOS(=O)(=O)O.O=S(=O)(O)OOS(=O)(=O)O. The molecule has 848 valence electrons. The zero-order chi connectivity index (χ0) is 67.3. The molecule has 0 saturated heterocycles. The van der Waals surface area contributed by atoms with Crippen molar-refractivity contribution in [2.24, 2.45) is 0 Å². The van der Waals surface area contributed by atoms with Crippen molar-refractivity contribution in [2.75, 3.05) is 0 Å². The molecule has 0 aromatic rings. The van der Waals surface area contributed by atoms with Crippen molar-refractivity contribution >= 4 is 166 Å². The van der Waals surface area contributed by atoms with Crippen molar-refractivity contribution in [3.63, 3.8) is 0 Å².